The summed E-state index contributed by atoms with van der Waals surface area (Å²) in [7, 11) is 0. The molecule has 2 bridgehead atoms. The monoisotopic (exact) mass is 206 g/mol. The zero-order valence-corrected chi connectivity index (χ0v) is 8.26. The number of fused-ring (bicyclic) bond motifs is 5. The fourth-order valence-electron chi connectivity index (χ4n) is 3.34. The number of ether oxygens (including phenoxy) is 1. The normalized spacial score (nSPS) is 60.5. The smallest absolute Gasteiger partial charge is 0.0876 e. The van der Waals surface area contributed by atoms with Crippen LogP contribution < -0.4 is 0 Å². The molecule has 68 valence electrons. The van der Waals surface area contributed by atoms with Crippen LogP contribution in [0.3, 0.4) is 0 Å². The lowest BCUT2D eigenvalue weighted by Gasteiger charge is -2.24. The molecule has 3 aliphatic rings. The van der Waals surface area contributed by atoms with Crippen LogP contribution in [0.1, 0.15) is 6.42 Å². The molecule has 3 rings (SSSR count). The van der Waals surface area contributed by atoms with Gasteiger partial charge in [-0.2, -0.15) is 0 Å². The molecule has 6 unspecified atom stereocenters. The van der Waals surface area contributed by atoms with Crippen LogP contribution in [0, 0.1) is 23.7 Å². The molecule has 0 amide bonds. The lowest BCUT2D eigenvalue weighted by molar-refractivity contribution is 0.253. The summed E-state index contributed by atoms with van der Waals surface area (Å²) in [6, 6.07) is 0. The van der Waals surface area contributed by atoms with Crippen molar-refractivity contribution in [1.82, 2.24) is 0 Å². The van der Waals surface area contributed by atoms with Crippen LogP contribution in [0.4, 0.5) is 0 Å². The molecule has 3 fully saturated rings. The first-order chi connectivity index (χ1) is 5.86. The van der Waals surface area contributed by atoms with E-state index in [4.69, 9.17) is 27.9 Å². The molecule has 0 aromatic carbocycles. The van der Waals surface area contributed by atoms with Crippen molar-refractivity contribution in [2.24, 2.45) is 23.7 Å². The van der Waals surface area contributed by atoms with E-state index in [1.807, 2.05) is 0 Å². The van der Waals surface area contributed by atoms with Gasteiger partial charge in [-0.1, -0.05) is 0 Å². The maximum absolute atomic E-state index is 5.94. The second-order valence-corrected chi connectivity index (χ2v) is 4.88. The standard InChI is InChI=1S/C9H12Cl2O/c10-2-6-4-1-5(7(6)3-11)9-8(4)12-9/h4-9H,1-3H2. The minimum atomic E-state index is 0.568. The molecular weight excluding hydrogens is 195 g/mol. The van der Waals surface area contributed by atoms with Crippen LogP contribution in [0.15, 0.2) is 0 Å². The van der Waals surface area contributed by atoms with Crippen LogP contribution in [0.5, 0.6) is 0 Å². The molecule has 1 aliphatic heterocycles. The molecule has 0 aromatic rings. The molecule has 0 N–H and O–H groups in total. The van der Waals surface area contributed by atoms with E-state index < -0.39 is 0 Å². The first-order valence-corrected chi connectivity index (χ1v) is 5.71. The molecule has 2 saturated carbocycles. The largest absolute Gasteiger partial charge is 0.369 e. The minimum Gasteiger partial charge on any atom is -0.369 e. The van der Waals surface area contributed by atoms with Crippen molar-refractivity contribution in [2.45, 2.75) is 18.6 Å². The van der Waals surface area contributed by atoms with Gasteiger partial charge in [0.15, 0.2) is 0 Å². The van der Waals surface area contributed by atoms with E-state index in [9.17, 15) is 0 Å². The average Bonchev–Trinajstić information content (AvgIpc) is 2.73. The van der Waals surface area contributed by atoms with Crippen molar-refractivity contribution in [3.05, 3.63) is 0 Å². The molecule has 0 spiro atoms. The van der Waals surface area contributed by atoms with Crippen LogP contribution >= 0.6 is 23.2 Å². The van der Waals surface area contributed by atoms with Crippen LogP contribution in [0.25, 0.3) is 0 Å². The third-order valence-electron chi connectivity index (χ3n) is 3.96. The predicted octanol–water partition coefficient (Wildman–Crippen LogP) is 2.11. The maximum Gasteiger partial charge on any atom is 0.0876 e. The molecule has 3 heteroatoms. The van der Waals surface area contributed by atoms with Gasteiger partial charge < -0.3 is 4.74 Å². The van der Waals surface area contributed by atoms with Gasteiger partial charge in [0.05, 0.1) is 12.2 Å². The van der Waals surface area contributed by atoms with Gasteiger partial charge >= 0.3 is 0 Å². The first-order valence-electron chi connectivity index (χ1n) is 4.64. The first kappa shape index (κ1) is 7.90. The van der Waals surface area contributed by atoms with E-state index in [1.165, 1.54) is 6.42 Å². The summed E-state index contributed by atoms with van der Waals surface area (Å²) in [6.07, 6.45) is 2.46. The molecule has 6 atom stereocenters. The Morgan fingerprint density at radius 3 is 1.92 bits per heavy atom. The second kappa shape index (κ2) is 2.52. The van der Waals surface area contributed by atoms with E-state index in [2.05, 4.69) is 0 Å². The minimum absolute atomic E-state index is 0.568. The number of epoxide rings is 1. The quantitative estimate of drug-likeness (QED) is 0.499. The van der Waals surface area contributed by atoms with Gasteiger partial charge in [-0.3, -0.25) is 0 Å². The highest BCUT2D eigenvalue weighted by Gasteiger charge is 2.66. The van der Waals surface area contributed by atoms with Crippen molar-refractivity contribution in [1.29, 1.82) is 0 Å². The van der Waals surface area contributed by atoms with Gasteiger partial charge in [0.1, 0.15) is 0 Å². The van der Waals surface area contributed by atoms with Gasteiger partial charge in [0.25, 0.3) is 0 Å². The van der Waals surface area contributed by atoms with Crippen molar-refractivity contribution >= 4 is 23.2 Å². The summed E-state index contributed by atoms with van der Waals surface area (Å²) in [5.41, 5.74) is 0. The summed E-state index contributed by atoms with van der Waals surface area (Å²) >= 11 is 11.9. The average molecular weight is 207 g/mol. The third-order valence-corrected chi connectivity index (χ3v) is 4.67. The molecular formula is C9H12Cl2O. The lowest BCUT2D eigenvalue weighted by atomic mass is 9.81. The summed E-state index contributed by atoms with van der Waals surface area (Å²) in [5.74, 6) is 4.29. The van der Waals surface area contributed by atoms with Gasteiger partial charge in [-0.05, 0) is 30.1 Å². The van der Waals surface area contributed by atoms with Gasteiger partial charge in [-0.15, -0.1) is 23.2 Å². The van der Waals surface area contributed by atoms with Crippen LogP contribution in [-0.2, 0) is 4.74 Å². The summed E-state index contributed by atoms with van der Waals surface area (Å²) in [6.45, 7) is 0. The molecule has 12 heavy (non-hydrogen) atoms. The number of hydrogen-bond acceptors (Lipinski definition) is 1. The van der Waals surface area contributed by atoms with Gasteiger partial charge in [-0.25, -0.2) is 0 Å². The lowest BCUT2D eigenvalue weighted by Crippen LogP contribution is -2.29. The molecule has 0 radical (unpaired) electrons. The second-order valence-electron chi connectivity index (χ2n) is 4.27. The summed E-state index contributed by atoms with van der Waals surface area (Å²) in [5, 5.41) is 0. The third kappa shape index (κ3) is 0.804. The zero-order chi connectivity index (χ0) is 8.29. The fourth-order valence-corrected chi connectivity index (χ4v) is 4.25. The molecule has 2 aliphatic carbocycles. The Morgan fingerprint density at radius 2 is 1.50 bits per heavy atom. The highest BCUT2D eigenvalue weighted by molar-refractivity contribution is 6.19. The van der Waals surface area contributed by atoms with E-state index in [0.29, 0.717) is 24.0 Å². The Kier molecular flexibility index (Phi) is 1.66. The van der Waals surface area contributed by atoms with Crippen molar-refractivity contribution in [3.8, 4) is 0 Å². The topological polar surface area (TPSA) is 12.5 Å². The molecule has 1 saturated heterocycles. The Hall–Kier alpha value is 0.540. The van der Waals surface area contributed by atoms with Gasteiger partial charge in [0.2, 0.25) is 0 Å². The number of alkyl halides is 2. The SMILES string of the molecule is ClCC1C(CCl)C2CC1C1OC21. The molecule has 1 heterocycles. The van der Waals surface area contributed by atoms with Crippen LogP contribution in [0.2, 0.25) is 0 Å². The number of rotatable bonds is 2. The van der Waals surface area contributed by atoms with Crippen molar-refractivity contribution in [3.63, 3.8) is 0 Å². The Balaban J connectivity index is 1.86. The highest BCUT2D eigenvalue weighted by Crippen LogP contribution is 2.61. The molecule has 1 nitrogen and oxygen atoms in total. The van der Waals surface area contributed by atoms with E-state index in [-0.39, 0.29) is 0 Å². The Bertz CT molecular complexity index is 189. The Morgan fingerprint density at radius 1 is 1.00 bits per heavy atom. The number of halogens is 2. The molecule has 0 aromatic heterocycles. The maximum atomic E-state index is 5.94. The number of hydrogen-bond donors (Lipinski definition) is 0. The van der Waals surface area contributed by atoms with E-state index in [1.54, 1.807) is 0 Å². The predicted molar refractivity (Wildman–Crippen MR) is 48.7 cm³/mol. The van der Waals surface area contributed by atoms with E-state index in [0.717, 1.165) is 23.6 Å². The van der Waals surface area contributed by atoms with Crippen LogP contribution in [-0.4, -0.2) is 24.0 Å². The van der Waals surface area contributed by atoms with E-state index >= 15 is 0 Å². The summed E-state index contributed by atoms with van der Waals surface area (Å²) < 4.78 is 5.59. The van der Waals surface area contributed by atoms with Crippen molar-refractivity contribution < 1.29 is 4.74 Å². The zero-order valence-electron chi connectivity index (χ0n) is 6.75. The Labute approximate surface area is 82.4 Å². The van der Waals surface area contributed by atoms with Gasteiger partial charge in [0, 0.05) is 11.8 Å². The summed E-state index contributed by atoms with van der Waals surface area (Å²) in [4.78, 5) is 0. The highest BCUT2D eigenvalue weighted by atomic mass is 35.5. The fraction of sp³-hybridized carbons (Fsp3) is 1.00. The van der Waals surface area contributed by atoms with Crippen molar-refractivity contribution in [2.75, 3.05) is 11.8 Å².